The van der Waals surface area contributed by atoms with Gasteiger partial charge in [0.05, 0.1) is 19.7 Å². The van der Waals surface area contributed by atoms with Gasteiger partial charge in [-0.1, -0.05) is 37.1 Å². The number of carbonyl (C=O) groups is 1. The number of rotatable bonds is 5. The average molecular weight is 383 g/mol. The molecule has 1 unspecified atom stereocenters. The number of nitrogens with zero attached hydrogens (tertiary/aromatic N) is 2. The van der Waals surface area contributed by atoms with E-state index in [9.17, 15) is 4.79 Å². The van der Waals surface area contributed by atoms with Gasteiger partial charge in [0.2, 0.25) is 0 Å². The van der Waals surface area contributed by atoms with Crippen LogP contribution in [0.25, 0.3) is 0 Å². The van der Waals surface area contributed by atoms with E-state index in [-0.39, 0.29) is 12.0 Å². The van der Waals surface area contributed by atoms with E-state index >= 15 is 0 Å². The van der Waals surface area contributed by atoms with E-state index in [1.807, 2.05) is 25.2 Å². The first-order valence-electron chi connectivity index (χ1n) is 10.5. The van der Waals surface area contributed by atoms with Crippen molar-refractivity contribution in [3.05, 3.63) is 59.0 Å². The van der Waals surface area contributed by atoms with E-state index in [4.69, 9.17) is 9.15 Å². The molecule has 1 amide bonds. The van der Waals surface area contributed by atoms with Gasteiger partial charge >= 0.3 is 0 Å². The Morgan fingerprint density at radius 1 is 1.11 bits per heavy atom. The summed E-state index contributed by atoms with van der Waals surface area (Å²) in [6, 6.07) is 12.1. The normalized spacial score (nSPS) is 20.4. The Balaban J connectivity index is 1.37. The van der Waals surface area contributed by atoms with E-state index in [1.165, 1.54) is 36.8 Å². The Kier molecular flexibility index (Phi) is 6.13. The molecule has 1 fully saturated rings. The van der Waals surface area contributed by atoms with Crippen LogP contribution in [0.5, 0.6) is 0 Å². The number of carbonyl (C=O) groups excluding carboxylic acids is 1. The van der Waals surface area contributed by atoms with Crippen molar-refractivity contribution >= 4 is 5.91 Å². The third-order valence-corrected chi connectivity index (χ3v) is 5.83. The molecule has 2 aliphatic rings. The molecule has 2 aromatic rings. The van der Waals surface area contributed by atoms with Gasteiger partial charge in [-0.25, -0.2) is 0 Å². The molecule has 3 heterocycles. The minimum Gasteiger partial charge on any atom is -0.455 e. The first-order chi connectivity index (χ1) is 13.7. The first kappa shape index (κ1) is 19.2. The minimum atomic E-state index is -0.0891. The molecule has 5 heteroatoms. The van der Waals surface area contributed by atoms with Gasteiger partial charge in [-0.15, -0.1) is 0 Å². The quantitative estimate of drug-likeness (QED) is 0.783. The second kappa shape index (κ2) is 8.93. The van der Waals surface area contributed by atoms with Crippen LogP contribution in [0.2, 0.25) is 0 Å². The van der Waals surface area contributed by atoms with Crippen molar-refractivity contribution in [1.29, 1.82) is 0 Å². The van der Waals surface area contributed by atoms with Crippen molar-refractivity contribution in [3.63, 3.8) is 0 Å². The number of benzene rings is 1. The van der Waals surface area contributed by atoms with Gasteiger partial charge in [0, 0.05) is 7.05 Å². The van der Waals surface area contributed by atoms with Crippen LogP contribution < -0.4 is 0 Å². The molecule has 28 heavy (non-hydrogen) atoms. The fraction of sp³-hybridized carbons (Fsp3) is 0.522. The highest BCUT2D eigenvalue weighted by atomic mass is 16.5. The highest BCUT2D eigenvalue weighted by molar-refractivity contribution is 5.91. The molecule has 1 aromatic carbocycles. The lowest BCUT2D eigenvalue weighted by molar-refractivity contribution is 0.0191. The van der Waals surface area contributed by atoms with Gasteiger partial charge < -0.3 is 14.1 Å². The van der Waals surface area contributed by atoms with E-state index in [2.05, 4.69) is 23.1 Å². The molecule has 0 aliphatic carbocycles. The zero-order chi connectivity index (χ0) is 19.3. The number of likely N-dealkylation sites (N-methyl/N-ethyl adjacent to an activating group) is 1. The zero-order valence-corrected chi connectivity index (χ0v) is 16.7. The molecule has 1 aromatic heterocycles. The fourth-order valence-corrected chi connectivity index (χ4v) is 4.24. The molecular weight excluding hydrogens is 352 g/mol. The SMILES string of the molecule is CN(CC1OCCc2ccccc21)C(=O)c1ccc(CN2CCCCCC2)o1. The second-order valence-electron chi connectivity index (χ2n) is 7.95. The van der Waals surface area contributed by atoms with Gasteiger partial charge in [0.15, 0.2) is 5.76 Å². The number of hydrogen-bond acceptors (Lipinski definition) is 4. The molecule has 150 valence electrons. The summed E-state index contributed by atoms with van der Waals surface area (Å²) in [5.74, 6) is 1.20. The summed E-state index contributed by atoms with van der Waals surface area (Å²) < 4.78 is 11.8. The Morgan fingerprint density at radius 3 is 2.71 bits per heavy atom. The second-order valence-corrected chi connectivity index (χ2v) is 7.95. The number of amides is 1. The molecule has 1 atom stereocenters. The van der Waals surface area contributed by atoms with Crippen LogP contribution in [0.3, 0.4) is 0 Å². The van der Waals surface area contributed by atoms with Crippen LogP contribution in [-0.4, -0.2) is 49.0 Å². The summed E-state index contributed by atoms with van der Waals surface area (Å²) in [5.41, 5.74) is 2.51. The van der Waals surface area contributed by atoms with Gasteiger partial charge in [-0.05, 0) is 55.6 Å². The lowest BCUT2D eigenvalue weighted by atomic mass is 9.97. The molecular formula is C23H30N2O3. The van der Waals surface area contributed by atoms with Gasteiger partial charge in [-0.3, -0.25) is 9.69 Å². The summed E-state index contributed by atoms with van der Waals surface area (Å²) in [5, 5.41) is 0. The van der Waals surface area contributed by atoms with Crippen LogP contribution >= 0.6 is 0 Å². The molecule has 0 bridgehead atoms. The van der Waals surface area contributed by atoms with Crippen molar-refractivity contribution < 1.29 is 13.9 Å². The van der Waals surface area contributed by atoms with Gasteiger partial charge in [0.1, 0.15) is 11.9 Å². The standard InChI is InChI=1S/C23H30N2O3/c1-24(17-22-20-9-5-4-8-18(20)12-15-27-22)23(26)21-11-10-19(28-21)16-25-13-6-2-3-7-14-25/h4-5,8-11,22H,2-3,6-7,12-17H2,1H3. The van der Waals surface area contributed by atoms with Gasteiger partial charge in [0.25, 0.3) is 5.91 Å². The van der Waals surface area contributed by atoms with Crippen molar-refractivity contribution in [1.82, 2.24) is 9.80 Å². The van der Waals surface area contributed by atoms with Crippen molar-refractivity contribution in [3.8, 4) is 0 Å². The highest BCUT2D eigenvalue weighted by Gasteiger charge is 2.25. The zero-order valence-electron chi connectivity index (χ0n) is 16.7. The lowest BCUT2D eigenvalue weighted by Crippen LogP contribution is -2.33. The fourth-order valence-electron chi connectivity index (χ4n) is 4.24. The molecule has 0 spiro atoms. The summed E-state index contributed by atoms with van der Waals surface area (Å²) in [7, 11) is 1.82. The molecule has 0 radical (unpaired) electrons. The van der Waals surface area contributed by atoms with Crippen molar-refractivity contribution in [2.45, 2.75) is 44.8 Å². The van der Waals surface area contributed by atoms with Crippen LogP contribution in [0.4, 0.5) is 0 Å². The summed E-state index contributed by atoms with van der Waals surface area (Å²) in [4.78, 5) is 17.0. The number of hydrogen-bond donors (Lipinski definition) is 0. The predicted molar refractivity (Wildman–Crippen MR) is 108 cm³/mol. The van der Waals surface area contributed by atoms with Crippen molar-refractivity contribution in [2.75, 3.05) is 33.3 Å². The molecule has 5 nitrogen and oxygen atoms in total. The Hall–Kier alpha value is -2.11. The molecule has 2 aliphatic heterocycles. The maximum Gasteiger partial charge on any atom is 0.289 e. The summed E-state index contributed by atoms with van der Waals surface area (Å²) in [6.07, 6.45) is 5.98. The smallest absolute Gasteiger partial charge is 0.289 e. The van der Waals surface area contributed by atoms with E-state index in [0.717, 1.165) is 31.8 Å². The Bertz CT molecular complexity index is 793. The summed E-state index contributed by atoms with van der Waals surface area (Å²) >= 11 is 0. The third-order valence-electron chi connectivity index (χ3n) is 5.83. The monoisotopic (exact) mass is 382 g/mol. The number of fused-ring (bicyclic) bond motifs is 1. The average Bonchev–Trinajstić information content (AvgIpc) is 3.03. The van der Waals surface area contributed by atoms with Crippen LogP contribution in [-0.2, 0) is 17.7 Å². The number of furan rings is 1. The summed E-state index contributed by atoms with van der Waals surface area (Å²) in [6.45, 7) is 4.24. The Morgan fingerprint density at radius 2 is 1.89 bits per heavy atom. The molecule has 0 saturated carbocycles. The van der Waals surface area contributed by atoms with Crippen LogP contribution in [0.1, 0.15) is 59.2 Å². The van der Waals surface area contributed by atoms with Gasteiger partial charge in [-0.2, -0.15) is 0 Å². The molecule has 0 N–H and O–H groups in total. The third kappa shape index (κ3) is 4.47. The molecule has 1 saturated heterocycles. The van der Waals surface area contributed by atoms with E-state index in [1.54, 1.807) is 4.90 Å². The lowest BCUT2D eigenvalue weighted by Gasteiger charge is -2.29. The van der Waals surface area contributed by atoms with E-state index in [0.29, 0.717) is 18.9 Å². The molecule has 4 rings (SSSR count). The van der Waals surface area contributed by atoms with E-state index < -0.39 is 0 Å². The first-order valence-corrected chi connectivity index (χ1v) is 10.5. The van der Waals surface area contributed by atoms with Crippen molar-refractivity contribution in [2.24, 2.45) is 0 Å². The topological polar surface area (TPSA) is 45.9 Å². The maximum absolute atomic E-state index is 12.9. The minimum absolute atomic E-state index is 0.0783. The predicted octanol–water partition coefficient (Wildman–Crippen LogP) is 4.04. The Labute approximate surface area is 167 Å². The number of ether oxygens (including phenoxy) is 1. The number of likely N-dealkylation sites (tertiary alicyclic amines) is 1. The van der Waals surface area contributed by atoms with Crippen LogP contribution in [0, 0.1) is 0 Å². The van der Waals surface area contributed by atoms with Crippen LogP contribution in [0.15, 0.2) is 40.8 Å². The highest BCUT2D eigenvalue weighted by Crippen LogP contribution is 2.28. The maximum atomic E-state index is 12.9. The largest absolute Gasteiger partial charge is 0.455 e.